The predicted octanol–water partition coefficient (Wildman–Crippen LogP) is 4.20. The van der Waals surface area contributed by atoms with Crippen LogP contribution in [-0.2, 0) is 26.3 Å². The van der Waals surface area contributed by atoms with Crippen LogP contribution in [-0.4, -0.2) is 90.9 Å². The smallest absolute Gasteiger partial charge is 0.408 e. The summed E-state index contributed by atoms with van der Waals surface area (Å²) in [6.45, 7) is 4.36. The molecule has 4 aliphatic heterocycles. The van der Waals surface area contributed by atoms with E-state index in [1.807, 2.05) is 12.1 Å². The first-order chi connectivity index (χ1) is 20.3. The Labute approximate surface area is 244 Å². The monoisotopic (exact) mass is 609 g/mol. The highest BCUT2D eigenvalue weighted by atomic mass is 19.4. The van der Waals surface area contributed by atoms with Crippen LogP contribution in [0.5, 0.6) is 0 Å². The fraction of sp³-hybridized carbons (Fsp3) is 0.571. The average Bonchev–Trinajstić information content (AvgIpc) is 3.53. The largest absolute Gasteiger partial charge is 0.457 e. The summed E-state index contributed by atoms with van der Waals surface area (Å²) in [4.78, 5) is 28.6. The highest BCUT2D eigenvalue weighted by molar-refractivity contribution is 6.13. The first-order valence-electron chi connectivity index (χ1n) is 14.1. The van der Waals surface area contributed by atoms with Crippen molar-refractivity contribution in [3.63, 3.8) is 0 Å². The zero-order valence-electron chi connectivity index (χ0n) is 23.8. The van der Waals surface area contributed by atoms with Gasteiger partial charge >= 0.3 is 6.18 Å². The van der Waals surface area contributed by atoms with Gasteiger partial charge in [0.25, 0.3) is 11.9 Å². The molecule has 0 spiro atoms. The van der Waals surface area contributed by atoms with E-state index in [1.165, 1.54) is 9.80 Å². The van der Waals surface area contributed by atoms with Gasteiger partial charge in [-0.25, -0.2) is 18.7 Å². The third-order valence-electron chi connectivity index (χ3n) is 8.35. The van der Waals surface area contributed by atoms with Crippen LogP contribution < -0.4 is 14.7 Å². The van der Waals surface area contributed by atoms with E-state index in [0.29, 0.717) is 24.5 Å². The van der Waals surface area contributed by atoms with E-state index in [0.717, 1.165) is 23.7 Å². The maximum atomic E-state index is 14.0. The summed E-state index contributed by atoms with van der Waals surface area (Å²) in [5.74, 6) is -2.98. The maximum Gasteiger partial charge on any atom is 0.408 e. The number of ether oxygens (including phenoxy) is 2. The Morgan fingerprint density at radius 2 is 1.65 bits per heavy atom. The molecular weight excluding hydrogens is 577 g/mol. The highest BCUT2D eigenvalue weighted by Gasteiger charge is 2.53. The first kappa shape index (κ1) is 29.3. The molecule has 4 aliphatic rings. The Hall–Kier alpha value is -3.75. The van der Waals surface area contributed by atoms with Gasteiger partial charge < -0.3 is 24.2 Å². The molecule has 1 aromatic carbocycles. The fourth-order valence-corrected chi connectivity index (χ4v) is 6.08. The Bertz CT molecular complexity index is 1400. The van der Waals surface area contributed by atoms with Crippen LogP contribution in [0.1, 0.15) is 38.1 Å². The van der Waals surface area contributed by atoms with Gasteiger partial charge in [-0.2, -0.15) is 13.2 Å². The summed E-state index contributed by atoms with van der Waals surface area (Å²) in [5, 5.41) is 8.17. The highest BCUT2D eigenvalue weighted by Crippen LogP contribution is 2.49. The molecule has 0 bridgehead atoms. The van der Waals surface area contributed by atoms with Gasteiger partial charge in [0.15, 0.2) is 12.4 Å². The molecule has 1 atom stereocenters. The number of amides is 1. The van der Waals surface area contributed by atoms with E-state index in [2.05, 4.69) is 14.9 Å². The normalized spacial score (nSPS) is 23.0. The van der Waals surface area contributed by atoms with Crippen LogP contribution in [0.4, 0.5) is 45.0 Å². The second-order valence-electron chi connectivity index (χ2n) is 11.7. The first-order valence-corrected chi connectivity index (χ1v) is 14.1. The number of hydrogen-bond donors (Lipinski definition) is 1. The molecule has 15 heteroatoms. The minimum Gasteiger partial charge on any atom is -0.457 e. The molecule has 10 nitrogen and oxygen atoms in total. The molecule has 3 fully saturated rings. The van der Waals surface area contributed by atoms with Crippen LogP contribution in [0.3, 0.4) is 0 Å². The van der Waals surface area contributed by atoms with Gasteiger partial charge in [0, 0.05) is 25.3 Å². The van der Waals surface area contributed by atoms with Gasteiger partial charge in [-0.1, -0.05) is 0 Å². The molecule has 0 saturated carbocycles. The van der Waals surface area contributed by atoms with Crippen molar-refractivity contribution in [2.75, 3.05) is 60.6 Å². The number of fused-ring (bicyclic) bond motifs is 1. The predicted molar refractivity (Wildman–Crippen MR) is 147 cm³/mol. The lowest BCUT2D eigenvalue weighted by Crippen LogP contribution is -2.57. The number of carbonyl (C=O) groups is 1. The number of nitrogens with one attached hydrogen (secondary N) is 1. The molecule has 3 saturated heterocycles. The van der Waals surface area contributed by atoms with E-state index in [4.69, 9.17) is 14.9 Å². The molecule has 0 radical (unpaired) electrons. The number of halogens is 5. The van der Waals surface area contributed by atoms with Gasteiger partial charge in [-0.15, -0.1) is 0 Å². The summed E-state index contributed by atoms with van der Waals surface area (Å²) in [7, 11) is 0. The molecule has 0 aliphatic carbocycles. The van der Waals surface area contributed by atoms with E-state index in [-0.39, 0.29) is 42.8 Å². The van der Waals surface area contributed by atoms with Gasteiger partial charge in [-0.3, -0.25) is 15.1 Å². The zero-order chi connectivity index (χ0) is 30.7. The van der Waals surface area contributed by atoms with Crippen molar-refractivity contribution < 1.29 is 36.2 Å². The van der Waals surface area contributed by atoms with Gasteiger partial charge in [0.05, 0.1) is 43.0 Å². The number of nitrogens with zero attached hydrogens (tertiary/aromatic N) is 6. The number of benzene rings is 1. The molecule has 43 heavy (non-hydrogen) atoms. The molecule has 6 rings (SSSR count). The SMILES string of the molecule is CC1(C)C(=O)N(c2ccc(N3CCOCC3)cc2)c2nc(COC(=N)N3CCC[C@@H]3C(F)(F)F)nc(N3CC(F)(F)C3)c21. The minimum atomic E-state index is -4.52. The van der Waals surface area contributed by atoms with Crippen LogP contribution in [0.2, 0.25) is 0 Å². The number of carbonyl (C=O) groups excluding carboxylic acids is 1. The Balaban J connectivity index is 1.33. The summed E-state index contributed by atoms with van der Waals surface area (Å²) in [5.41, 5.74) is 0.675. The molecule has 1 aromatic heterocycles. The number of alkyl halides is 5. The molecule has 0 unspecified atom stereocenters. The number of rotatable bonds is 5. The van der Waals surface area contributed by atoms with Crippen molar-refractivity contribution >= 4 is 34.9 Å². The van der Waals surface area contributed by atoms with E-state index >= 15 is 0 Å². The average molecular weight is 610 g/mol. The lowest BCUT2D eigenvalue weighted by molar-refractivity contribution is -0.169. The van der Waals surface area contributed by atoms with Gasteiger partial charge in [0.2, 0.25) is 5.91 Å². The lowest BCUT2D eigenvalue weighted by atomic mass is 9.86. The molecule has 5 heterocycles. The summed E-state index contributed by atoms with van der Waals surface area (Å²) < 4.78 is 79.1. The van der Waals surface area contributed by atoms with Crippen molar-refractivity contribution in [1.29, 1.82) is 5.41 Å². The number of amidine groups is 1. The third-order valence-corrected chi connectivity index (χ3v) is 8.35. The Morgan fingerprint density at radius 1 is 1.02 bits per heavy atom. The fourth-order valence-electron chi connectivity index (χ4n) is 6.08. The number of morpholine rings is 1. The quantitative estimate of drug-likeness (QED) is 0.306. The summed E-state index contributed by atoms with van der Waals surface area (Å²) in [6.07, 6.45) is -4.40. The summed E-state index contributed by atoms with van der Waals surface area (Å²) in [6, 6.07) is 4.83. The maximum absolute atomic E-state index is 14.0. The van der Waals surface area contributed by atoms with Crippen molar-refractivity contribution in [3.05, 3.63) is 35.7 Å². The number of aromatic nitrogens is 2. The van der Waals surface area contributed by atoms with E-state index in [9.17, 15) is 26.7 Å². The van der Waals surface area contributed by atoms with Crippen LogP contribution in [0, 0.1) is 5.41 Å². The molecular formula is C28H32F5N7O3. The van der Waals surface area contributed by atoms with Crippen molar-refractivity contribution in [1.82, 2.24) is 14.9 Å². The second kappa shape index (κ2) is 10.5. The topological polar surface area (TPSA) is 98.1 Å². The lowest BCUT2D eigenvalue weighted by Gasteiger charge is -2.41. The molecule has 2 aromatic rings. The molecule has 1 N–H and O–H groups in total. The zero-order valence-corrected chi connectivity index (χ0v) is 23.8. The van der Waals surface area contributed by atoms with Gasteiger partial charge in [0.1, 0.15) is 17.7 Å². The van der Waals surface area contributed by atoms with Crippen molar-refractivity contribution in [2.24, 2.45) is 0 Å². The van der Waals surface area contributed by atoms with Crippen molar-refractivity contribution in [2.45, 2.75) is 56.9 Å². The summed E-state index contributed by atoms with van der Waals surface area (Å²) >= 11 is 0. The Morgan fingerprint density at radius 3 is 2.28 bits per heavy atom. The van der Waals surface area contributed by atoms with Crippen LogP contribution in [0.25, 0.3) is 0 Å². The van der Waals surface area contributed by atoms with E-state index in [1.54, 1.807) is 26.0 Å². The van der Waals surface area contributed by atoms with Crippen LogP contribution >= 0.6 is 0 Å². The van der Waals surface area contributed by atoms with Gasteiger partial charge in [-0.05, 0) is 51.0 Å². The van der Waals surface area contributed by atoms with E-state index < -0.39 is 49.3 Å². The van der Waals surface area contributed by atoms with Crippen molar-refractivity contribution in [3.8, 4) is 0 Å². The number of likely N-dealkylation sites (tertiary alicyclic amines) is 1. The second-order valence-corrected chi connectivity index (χ2v) is 11.7. The standard InChI is InChI=1S/C28H32F5N7O3/c1-26(2)21-22(38-15-27(29,30)16-38)35-20(14-43-25(34)39-9-3-4-19(39)28(31,32)33)36-23(21)40(24(26)41)18-7-5-17(6-8-18)37-10-12-42-13-11-37/h5-8,19,34H,3-4,9-16H2,1-2H3/t19-/m1/s1. The number of hydrogen-bond acceptors (Lipinski definition) is 8. The molecule has 232 valence electrons. The third kappa shape index (κ3) is 5.31. The molecule has 1 amide bonds. The minimum absolute atomic E-state index is 0.0130. The Kier molecular flexibility index (Phi) is 7.13. The van der Waals surface area contributed by atoms with Crippen LogP contribution in [0.15, 0.2) is 24.3 Å². The number of anilines is 4.